The zero-order valence-corrected chi connectivity index (χ0v) is 20.1. The molecule has 4 aromatic rings. The van der Waals surface area contributed by atoms with Crippen molar-refractivity contribution in [2.24, 2.45) is 0 Å². The minimum atomic E-state index is -4.00. The summed E-state index contributed by atoms with van der Waals surface area (Å²) in [6.07, 6.45) is 0. The van der Waals surface area contributed by atoms with E-state index in [4.69, 9.17) is 4.74 Å². The Hall–Kier alpha value is -4.71. The van der Waals surface area contributed by atoms with Crippen LogP contribution in [0, 0.1) is 17.0 Å². The standard InChI is InChI=1S/C24H22N6O5S/c1-16-14-23(26-17-10-12-21(35-2)13-11-17)28-24(25-16)27-18-6-8-19(9-7-18)29-36(33,34)22-5-3-4-20(15-22)30(31)32/h3-15,29H,1-2H3,(H2,25,26,27,28). The lowest BCUT2D eigenvalue weighted by Crippen LogP contribution is -2.13. The molecule has 0 aliphatic heterocycles. The van der Waals surface area contributed by atoms with Gasteiger partial charge in [0.15, 0.2) is 0 Å². The summed E-state index contributed by atoms with van der Waals surface area (Å²) in [5.74, 6) is 1.70. The molecular formula is C24H22N6O5S. The fourth-order valence-corrected chi connectivity index (χ4v) is 4.34. The van der Waals surface area contributed by atoms with Gasteiger partial charge in [-0.15, -0.1) is 0 Å². The van der Waals surface area contributed by atoms with Gasteiger partial charge in [-0.3, -0.25) is 14.8 Å². The van der Waals surface area contributed by atoms with E-state index in [0.717, 1.165) is 23.2 Å². The maximum absolute atomic E-state index is 12.6. The molecule has 3 aromatic carbocycles. The first-order chi connectivity index (χ1) is 17.2. The molecule has 0 atom stereocenters. The molecule has 3 N–H and O–H groups in total. The third kappa shape index (κ3) is 6.04. The maximum atomic E-state index is 12.6. The number of benzene rings is 3. The number of hydrogen-bond acceptors (Lipinski definition) is 9. The molecule has 0 fully saturated rings. The second-order valence-electron chi connectivity index (χ2n) is 7.63. The van der Waals surface area contributed by atoms with Crippen molar-refractivity contribution in [3.8, 4) is 5.75 Å². The van der Waals surface area contributed by atoms with E-state index in [1.165, 1.54) is 18.2 Å². The fraction of sp³-hybridized carbons (Fsp3) is 0.0833. The summed E-state index contributed by atoms with van der Waals surface area (Å²) in [6, 6.07) is 20.5. The van der Waals surface area contributed by atoms with Crippen LogP contribution < -0.4 is 20.1 Å². The highest BCUT2D eigenvalue weighted by atomic mass is 32.2. The molecule has 0 radical (unpaired) electrons. The van der Waals surface area contributed by atoms with Gasteiger partial charge in [-0.2, -0.15) is 4.98 Å². The predicted octanol–water partition coefficient (Wildman–Crippen LogP) is 4.99. The van der Waals surface area contributed by atoms with Crippen molar-refractivity contribution in [1.29, 1.82) is 0 Å². The Morgan fingerprint density at radius 2 is 1.50 bits per heavy atom. The van der Waals surface area contributed by atoms with Crippen LogP contribution in [0.1, 0.15) is 5.69 Å². The number of nitrogens with zero attached hydrogens (tertiary/aromatic N) is 3. The number of methoxy groups -OCH3 is 1. The Bertz CT molecular complexity index is 1490. The van der Waals surface area contributed by atoms with Crippen LogP contribution >= 0.6 is 0 Å². The highest BCUT2D eigenvalue weighted by molar-refractivity contribution is 7.92. The quantitative estimate of drug-likeness (QED) is 0.211. The van der Waals surface area contributed by atoms with Gasteiger partial charge in [-0.25, -0.2) is 13.4 Å². The molecule has 11 nitrogen and oxygen atoms in total. The summed E-state index contributed by atoms with van der Waals surface area (Å²) < 4.78 is 32.8. The molecule has 0 spiro atoms. The molecule has 0 unspecified atom stereocenters. The Morgan fingerprint density at radius 3 is 2.17 bits per heavy atom. The normalized spacial score (nSPS) is 10.9. The summed E-state index contributed by atoms with van der Waals surface area (Å²) in [6.45, 7) is 1.85. The third-order valence-electron chi connectivity index (χ3n) is 4.95. The van der Waals surface area contributed by atoms with Crippen molar-refractivity contribution in [2.75, 3.05) is 22.5 Å². The van der Waals surface area contributed by atoms with E-state index in [1.807, 2.05) is 31.2 Å². The van der Waals surface area contributed by atoms with E-state index >= 15 is 0 Å². The maximum Gasteiger partial charge on any atom is 0.270 e. The molecular weight excluding hydrogens is 484 g/mol. The third-order valence-corrected chi connectivity index (χ3v) is 6.33. The van der Waals surface area contributed by atoms with Gasteiger partial charge >= 0.3 is 0 Å². The monoisotopic (exact) mass is 506 g/mol. The molecule has 184 valence electrons. The minimum absolute atomic E-state index is 0.205. The van der Waals surface area contributed by atoms with Crippen LogP contribution in [-0.2, 0) is 10.0 Å². The molecule has 0 saturated carbocycles. The molecule has 0 amide bonds. The highest BCUT2D eigenvalue weighted by Crippen LogP contribution is 2.24. The van der Waals surface area contributed by atoms with Crippen LogP contribution in [0.4, 0.5) is 34.5 Å². The zero-order valence-electron chi connectivity index (χ0n) is 19.3. The summed E-state index contributed by atoms with van der Waals surface area (Å²) >= 11 is 0. The summed E-state index contributed by atoms with van der Waals surface area (Å²) in [4.78, 5) is 19.0. The van der Waals surface area contributed by atoms with Crippen molar-refractivity contribution >= 4 is 44.5 Å². The molecule has 4 rings (SSSR count). The number of nitrogens with one attached hydrogen (secondary N) is 3. The molecule has 0 aliphatic rings. The van der Waals surface area contributed by atoms with Gasteiger partial charge in [0.1, 0.15) is 11.6 Å². The van der Waals surface area contributed by atoms with Crippen LogP contribution in [0.2, 0.25) is 0 Å². The van der Waals surface area contributed by atoms with Gasteiger partial charge in [-0.05, 0) is 61.5 Å². The van der Waals surface area contributed by atoms with E-state index in [2.05, 4.69) is 25.3 Å². The van der Waals surface area contributed by atoms with Gasteiger partial charge in [0.2, 0.25) is 5.95 Å². The SMILES string of the molecule is COc1ccc(Nc2cc(C)nc(Nc3ccc(NS(=O)(=O)c4cccc([N+](=O)[O-])c4)cc3)n2)cc1. The first-order valence-corrected chi connectivity index (χ1v) is 12.1. The first-order valence-electron chi connectivity index (χ1n) is 10.6. The smallest absolute Gasteiger partial charge is 0.270 e. The van der Waals surface area contributed by atoms with Crippen molar-refractivity contribution in [1.82, 2.24) is 9.97 Å². The number of nitro benzene ring substituents is 1. The summed E-state index contributed by atoms with van der Waals surface area (Å²) in [5, 5.41) is 17.3. The van der Waals surface area contributed by atoms with E-state index in [9.17, 15) is 18.5 Å². The Kier molecular flexibility index (Phi) is 6.97. The predicted molar refractivity (Wildman–Crippen MR) is 137 cm³/mol. The van der Waals surface area contributed by atoms with Crippen molar-refractivity contribution in [3.63, 3.8) is 0 Å². The molecule has 1 aromatic heterocycles. The lowest BCUT2D eigenvalue weighted by atomic mass is 10.3. The topological polar surface area (TPSA) is 148 Å². The molecule has 12 heteroatoms. The van der Waals surface area contributed by atoms with E-state index in [1.54, 1.807) is 37.4 Å². The molecule has 1 heterocycles. The number of anilines is 5. The molecule has 0 aliphatic carbocycles. The number of non-ortho nitro benzene ring substituents is 1. The number of aromatic nitrogens is 2. The highest BCUT2D eigenvalue weighted by Gasteiger charge is 2.17. The van der Waals surface area contributed by atoms with Gasteiger partial charge in [0.05, 0.1) is 16.9 Å². The lowest BCUT2D eigenvalue weighted by molar-refractivity contribution is -0.385. The van der Waals surface area contributed by atoms with Gasteiger partial charge < -0.3 is 15.4 Å². The van der Waals surface area contributed by atoms with Crippen molar-refractivity contribution in [2.45, 2.75) is 11.8 Å². The average Bonchev–Trinajstić information content (AvgIpc) is 2.85. The molecule has 36 heavy (non-hydrogen) atoms. The first kappa shape index (κ1) is 24.4. The minimum Gasteiger partial charge on any atom is -0.497 e. The van der Waals surface area contributed by atoms with Crippen LogP contribution in [-0.4, -0.2) is 30.4 Å². The lowest BCUT2D eigenvalue weighted by Gasteiger charge is -2.11. The van der Waals surface area contributed by atoms with E-state index < -0.39 is 14.9 Å². The van der Waals surface area contributed by atoms with Crippen LogP contribution in [0.5, 0.6) is 5.75 Å². The number of hydrogen-bond donors (Lipinski definition) is 3. The van der Waals surface area contributed by atoms with Gasteiger partial charge in [-0.1, -0.05) is 6.07 Å². The van der Waals surface area contributed by atoms with Crippen molar-refractivity contribution in [3.05, 3.63) is 94.7 Å². The van der Waals surface area contributed by atoms with Crippen LogP contribution in [0.25, 0.3) is 0 Å². The summed E-state index contributed by atoms with van der Waals surface area (Å²) in [5.41, 5.74) is 2.19. The number of rotatable bonds is 9. The average molecular weight is 507 g/mol. The van der Waals surface area contributed by atoms with E-state index in [-0.39, 0.29) is 10.6 Å². The zero-order chi connectivity index (χ0) is 25.7. The van der Waals surface area contributed by atoms with Crippen molar-refractivity contribution < 1.29 is 18.1 Å². The second-order valence-corrected chi connectivity index (χ2v) is 9.32. The Balaban J connectivity index is 1.45. The number of aryl methyl sites for hydroxylation is 1. The number of sulfonamides is 1. The van der Waals surface area contributed by atoms with E-state index in [0.29, 0.717) is 23.1 Å². The second kappa shape index (κ2) is 10.3. The molecule has 0 saturated heterocycles. The Labute approximate surface area is 207 Å². The van der Waals surface area contributed by atoms with Crippen LogP contribution in [0.3, 0.4) is 0 Å². The van der Waals surface area contributed by atoms with Gasteiger partial charge in [0, 0.05) is 41.0 Å². The Morgan fingerprint density at radius 1 is 0.861 bits per heavy atom. The van der Waals surface area contributed by atoms with Crippen LogP contribution in [0.15, 0.2) is 83.8 Å². The number of ether oxygens (including phenoxy) is 1. The fourth-order valence-electron chi connectivity index (χ4n) is 3.24. The number of nitro groups is 1. The van der Waals surface area contributed by atoms with Gasteiger partial charge in [0.25, 0.3) is 15.7 Å². The summed E-state index contributed by atoms with van der Waals surface area (Å²) in [7, 11) is -2.40. The largest absolute Gasteiger partial charge is 0.497 e. The molecule has 0 bridgehead atoms.